The molecule has 0 unspecified atom stereocenters. The Morgan fingerprint density at radius 2 is 1.78 bits per heavy atom. The first kappa shape index (κ1) is 20.4. The molecule has 1 N–H and O–H groups in total. The largest absolute Gasteiger partial charge is 0.310 e. The quantitative estimate of drug-likeness (QED) is 0.660. The zero-order valence-electron chi connectivity index (χ0n) is 17.8. The fourth-order valence-corrected chi connectivity index (χ4v) is 6.16. The van der Waals surface area contributed by atoms with Crippen molar-refractivity contribution in [3.05, 3.63) is 59.3 Å². The molecule has 1 aromatic heterocycles. The molecule has 0 saturated carbocycles. The van der Waals surface area contributed by atoms with Crippen molar-refractivity contribution in [1.29, 1.82) is 0 Å². The molecule has 0 atom stereocenters. The number of hydrogen-bond donors (Lipinski definition) is 1. The van der Waals surface area contributed by atoms with Crippen LogP contribution in [0, 0.1) is 13.8 Å². The number of aromatic nitrogens is 2. The fraction of sp³-hybridized carbons (Fsp3) is 0.261. The van der Waals surface area contributed by atoms with E-state index in [0.29, 0.717) is 41.0 Å². The Kier molecular flexibility index (Phi) is 4.67. The number of carbonyl (C=O) groups is 2. The van der Waals surface area contributed by atoms with E-state index in [1.165, 1.54) is 8.99 Å². The molecule has 3 aromatic rings. The molecule has 8 nitrogen and oxygen atoms in total. The molecule has 2 aromatic carbocycles. The van der Waals surface area contributed by atoms with Crippen molar-refractivity contribution in [1.82, 2.24) is 9.78 Å². The lowest BCUT2D eigenvalue weighted by Gasteiger charge is -2.21. The van der Waals surface area contributed by atoms with Crippen LogP contribution in [0.25, 0.3) is 11.1 Å². The van der Waals surface area contributed by atoms with Crippen molar-refractivity contribution in [3.63, 3.8) is 0 Å². The molecule has 5 rings (SSSR count). The zero-order valence-corrected chi connectivity index (χ0v) is 18.6. The number of amides is 1. The van der Waals surface area contributed by atoms with Crippen LogP contribution >= 0.6 is 0 Å². The highest BCUT2D eigenvalue weighted by atomic mass is 32.2. The molecule has 0 spiro atoms. The smallest absolute Gasteiger partial charge is 0.264 e. The molecule has 3 heterocycles. The molecule has 164 valence electrons. The summed E-state index contributed by atoms with van der Waals surface area (Å²) in [4.78, 5) is 24.8. The molecule has 1 amide bonds. The van der Waals surface area contributed by atoms with E-state index in [0.717, 1.165) is 5.56 Å². The molecule has 0 fully saturated rings. The number of benzene rings is 2. The summed E-state index contributed by atoms with van der Waals surface area (Å²) in [5.74, 6) is -0.262. The monoisotopic (exact) mass is 450 g/mol. The molecular formula is C23H22N4O4S. The Hall–Kier alpha value is -3.46. The molecule has 32 heavy (non-hydrogen) atoms. The molecule has 0 bridgehead atoms. The van der Waals surface area contributed by atoms with Gasteiger partial charge >= 0.3 is 0 Å². The van der Waals surface area contributed by atoms with E-state index >= 15 is 0 Å². The Morgan fingerprint density at radius 3 is 2.59 bits per heavy atom. The number of sulfonamides is 1. The predicted octanol–water partition coefficient (Wildman–Crippen LogP) is 3.29. The molecular weight excluding hydrogens is 428 g/mol. The van der Waals surface area contributed by atoms with Crippen LogP contribution in [0.5, 0.6) is 0 Å². The van der Waals surface area contributed by atoms with Gasteiger partial charge in [-0.05, 0) is 49.1 Å². The lowest BCUT2D eigenvalue weighted by molar-refractivity contribution is -0.116. The standard InChI is InChI=1S/C23H22N4O4S/c1-14-7-8-17(22-15(2)25-27-21(29)10-9-20(28)24-23(22)27)13-19(14)32(30,31)26-12-11-16-5-3-4-6-18(16)26/h3-8,13H,9-12H2,1-2H3,(H,24,28). The van der Waals surface area contributed by atoms with Crippen molar-refractivity contribution in [2.45, 2.75) is 38.0 Å². The van der Waals surface area contributed by atoms with Crippen molar-refractivity contribution < 1.29 is 18.0 Å². The summed E-state index contributed by atoms with van der Waals surface area (Å²) < 4.78 is 30.0. The number of hydrogen-bond acceptors (Lipinski definition) is 5. The van der Waals surface area contributed by atoms with Crippen LogP contribution in [0.4, 0.5) is 11.5 Å². The second-order valence-corrected chi connectivity index (χ2v) is 9.93. The summed E-state index contributed by atoms with van der Waals surface area (Å²) >= 11 is 0. The van der Waals surface area contributed by atoms with Gasteiger partial charge in [-0.1, -0.05) is 30.3 Å². The molecule has 9 heteroatoms. The van der Waals surface area contributed by atoms with Gasteiger partial charge in [-0.25, -0.2) is 8.42 Å². The van der Waals surface area contributed by atoms with Crippen LogP contribution in [0.1, 0.15) is 34.5 Å². The SMILES string of the molecule is Cc1ccc(-c2c(C)nn3c2NC(=O)CCC3=O)cc1S(=O)(=O)N1CCc2ccccc21. The van der Waals surface area contributed by atoms with Gasteiger partial charge in [0.2, 0.25) is 11.8 Å². The second-order valence-electron chi connectivity index (χ2n) is 8.10. The molecule has 2 aliphatic rings. The first-order valence-corrected chi connectivity index (χ1v) is 11.9. The highest BCUT2D eigenvalue weighted by molar-refractivity contribution is 7.93. The molecule has 0 aliphatic carbocycles. The number of para-hydroxylation sites is 1. The maximum absolute atomic E-state index is 13.7. The van der Waals surface area contributed by atoms with Gasteiger partial charge in [0, 0.05) is 24.9 Å². The minimum atomic E-state index is -3.81. The van der Waals surface area contributed by atoms with Crippen LogP contribution in [0.3, 0.4) is 0 Å². The second kappa shape index (κ2) is 7.30. The molecule has 0 radical (unpaired) electrons. The summed E-state index contributed by atoms with van der Waals surface area (Å²) in [6.45, 7) is 3.88. The normalized spacial score (nSPS) is 15.9. The number of carbonyl (C=O) groups excluding carboxylic acids is 2. The Balaban J connectivity index is 1.64. The van der Waals surface area contributed by atoms with Gasteiger partial charge in [-0.2, -0.15) is 9.78 Å². The number of nitrogens with zero attached hydrogens (tertiary/aromatic N) is 3. The number of aryl methyl sites for hydroxylation is 2. The lowest BCUT2D eigenvalue weighted by atomic mass is 10.0. The van der Waals surface area contributed by atoms with E-state index < -0.39 is 10.0 Å². The van der Waals surface area contributed by atoms with Gasteiger partial charge in [0.05, 0.1) is 16.3 Å². The number of nitrogens with one attached hydrogen (secondary N) is 1. The van der Waals surface area contributed by atoms with Gasteiger partial charge in [-0.3, -0.25) is 13.9 Å². The third-order valence-corrected chi connectivity index (χ3v) is 7.96. The average Bonchev–Trinajstić information content (AvgIpc) is 3.30. The zero-order chi connectivity index (χ0) is 22.6. The maximum Gasteiger partial charge on any atom is 0.264 e. The van der Waals surface area contributed by atoms with E-state index in [1.807, 2.05) is 24.3 Å². The van der Waals surface area contributed by atoms with E-state index in [2.05, 4.69) is 10.4 Å². The van der Waals surface area contributed by atoms with Gasteiger partial charge in [-0.15, -0.1) is 0 Å². The first-order chi connectivity index (χ1) is 15.3. The summed E-state index contributed by atoms with van der Waals surface area (Å²) in [7, 11) is -3.81. The van der Waals surface area contributed by atoms with E-state index in [4.69, 9.17) is 0 Å². The van der Waals surface area contributed by atoms with Crippen LogP contribution in [-0.4, -0.2) is 36.6 Å². The van der Waals surface area contributed by atoms with Crippen molar-refractivity contribution >= 4 is 33.3 Å². The van der Waals surface area contributed by atoms with Crippen molar-refractivity contribution in [2.75, 3.05) is 16.2 Å². The van der Waals surface area contributed by atoms with E-state index in [-0.39, 0.29) is 35.4 Å². The minimum absolute atomic E-state index is 0.0707. The highest BCUT2D eigenvalue weighted by Gasteiger charge is 2.33. The molecule has 0 saturated heterocycles. The van der Waals surface area contributed by atoms with Gasteiger partial charge < -0.3 is 5.32 Å². The Bertz CT molecular complexity index is 1390. The first-order valence-electron chi connectivity index (χ1n) is 10.4. The predicted molar refractivity (Wildman–Crippen MR) is 120 cm³/mol. The minimum Gasteiger partial charge on any atom is -0.310 e. The topological polar surface area (TPSA) is 101 Å². The molecule has 2 aliphatic heterocycles. The van der Waals surface area contributed by atoms with Gasteiger partial charge in [0.1, 0.15) is 5.82 Å². The highest BCUT2D eigenvalue weighted by Crippen LogP contribution is 2.38. The summed E-state index contributed by atoms with van der Waals surface area (Å²) in [6, 6.07) is 12.7. The summed E-state index contributed by atoms with van der Waals surface area (Å²) in [5, 5.41) is 7.08. The Morgan fingerprint density at radius 1 is 1.00 bits per heavy atom. The van der Waals surface area contributed by atoms with Gasteiger partial charge in [0.25, 0.3) is 10.0 Å². The van der Waals surface area contributed by atoms with E-state index in [1.54, 1.807) is 32.0 Å². The van der Waals surface area contributed by atoms with E-state index in [9.17, 15) is 18.0 Å². The van der Waals surface area contributed by atoms with Crippen LogP contribution < -0.4 is 9.62 Å². The fourth-order valence-electron chi connectivity index (χ4n) is 4.40. The van der Waals surface area contributed by atoms with Crippen LogP contribution in [0.15, 0.2) is 47.4 Å². The third-order valence-electron chi connectivity index (χ3n) is 6.01. The van der Waals surface area contributed by atoms with Gasteiger partial charge in [0.15, 0.2) is 0 Å². The van der Waals surface area contributed by atoms with Crippen LogP contribution in [0.2, 0.25) is 0 Å². The van der Waals surface area contributed by atoms with Crippen molar-refractivity contribution in [3.8, 4) is 11.1 Å². The third kappa shape index (κ3) is 3.12. The van der Waals surface area contributed by atoms with Crippen LogP contribution in [-0.2, 0) is 21.2 Å². The lowest BCUT2D eigenvalue weighted by Crippen LogP contribution is -2.29. The maximum atomic E-state index is 13.7. The average molecular weight is 451 g/mol. The number of rotatable bonds is 3. The number of fused-ring (bicyclic) bond motifs is 2. The number of anilines is 2. The summed E-state index contributed by atoms with van der Waals surface area (Å²) in [6.07, 6.45) is 0.822. The Labute approximate surface area is 185 Å². The van der Waals surface area contributed by atoms with Crippen molar-refractivity contribution in [2.24, 2.45) is 0 Å². The summed E-state index contributed by atoms with van der Waals surface area (Å²) in [5.41, 5.74) is 3.99.